The molecule has 0 aliphatic carbocycles. The van der Waals surface area contributed by atoms with Gasteiger partial charge in [-0.3, -0.25) is 0 Å². The van der Waals surface area contributed by atoms with Crippen LogP contribution in [0.1, 0.15) is 0 Å². The van der Waals surface area contributed by atoms with Gasteiger partial charge in [0, 0.05) is 11.1 Å². The van der Waals surface area contributed by atoms with Crippen LogP contribution in [-0.2, 0) is 0 Å². The molecule has 0 saturated carbocycles. The van der Waals surface area contributed by atoms with E-state index < -0.39 is 0 Å². The predicted molar refractivity (Wildman–Crippen MR) is 104 cm³/mol. The average molecular weight is 353 g/mol. The third-order valence-electron chi connectivity index (χ3n) is 4.04. The summed E-state index contributed by atoms with van der Waals surface area (Å²) in [4.78, 5) is 13.5. The first kappa shape index (κ1) is 16.5. The van der Waals surface area contributed by atoms with Crippen LogP contribution in [0.15, 0.2) is 66.7 Å². The highest BCUT2D eigenvalue weighted by Crippen LogP contribution is 2.29. The Morgan fingerprint density at radius 2 is 1.70 bits per heavy atom. The molecule has 130 valence electrons. The number of aromatic nitrogens is 3. The summed E-state index contributed by atoms with van der Waals surface area (Å²) in [5, 5.41) is 8.68. The Morgan fingerprint density at radius 1 is 0.889 bits per heavy atom. The van der Waals surface area contributed by atoms with Crippen molar-refractivity contribution < 1.29 is 4.74 Å². The minimum Gasteiger partial charge on any atom is -0.479 e. The van der Waals surface area contributed by atoms with E-state index in [1.54, 1.807) is 6.07 Å². The quantitative estimate of drug-likeness (QED) is 0.598. The topological polar surface area (TPSA) is 97.7 Å². The Bertz CT molecular complexity index is 1150. The van der Waals surface area contributed by atoms with Crippen LogP contribution >= 0.6 is 0 Å². The second-order valence-corrected chi connectivity index (χ2v) is 5.84. The summed E-state index contributed by atoms with van der Waals surface area (Å²) in [7, 11) is 0. The summed E-state index contributed by atoms with van der Waals surface area (Å²) in [6.45, 7) is -0.000125. The van der Waals surface area contributed by atoms with E-state index in [1.807, 2.05) is 66.7 Å². The number of hydrogen-bond donors (Lipinski definition) is 1. The monoisotopic (exact) mass is 353 g/mol. The molecule has 4 aromatic rings. The van der Waals surface area contributed by atoms with Gasteiger partial charge in [0.05, 0.1) is 11.2 Å². The Kier molecular flexibility index (Phi) is 4.33. The van der Waals surface area contributed by atoms with Crippen molar-refractivity contribution in [2.75, 3.05) is 12.3 Å². The number of nitriles is 1. The van der Waals surface area contributed by atoms with Gasteiger partial charge < -0.3 is 10.5 Å². The number of nitrogens with two attached hydrogens (primary N) is 1. The predicted octanol–water partition coefficient (Wildman–Crippen LogP) is 3.84. The van der Waals surface area contributed by atoms with Crippen LogP contribution in [0.4, 0.5) is 5.95 Å². The zero-order chi connectivity index (χ0) is 18.6. The van der Waals surface area contributed by atoms with E-state index in [0.717, 1.165) is 16.8 Å². The van der Waals surface area contributed by atoms with E-state index in [2.05, 4.69) is 9.97 Å². The summed E-state index contributed by atoms with van der Waals surface area (Å²) >= 11 is 0. The Morgan fingerprint density at radius 3 is 2.52 bits per heavy atom. The molecule has 2 N–H and O–H groups in total. The molecular formula is C21H15N5O. The normalized spacial score (nSPS) is 10.5. The second kappa shape index (κ2) is 7.10. The maximum Gasteiger partial charge on any atom is 0.221 e. The Labute approximate surface area is 155 Å². The number of anilines is 1. The van der Waals surface area contributed by atoms with Crippen molar-refractivity contribution in [3.8, 4) is 34.3 Å². The first-order chi connectivity index (χ1) is 13.2. The van der Waals surface area contributed by atoms with Crippen molar-refractivity contribution in [1.82, 2.24) is 15.0 Å². The Balaban J connectivity index is 1.85. The highest BCUT2D eigenvalue weighted by Gasteiger charge is 2.12. The zero-order valence-electron chi connectivity index (χ0n) is 14.3. The van der Waals surface area contributed by atoms with Crippen LogP contribution in [0.3, 0.4) is 0 Å². The molecule has 6 heteroatoms. The van der Waals surface area contributed by atoms with Crippen molar-refractivity contribution >= 4 is 17.0 Å². The molecule has 0 aliphatic rings. The van der Waals surface area contributed by atoms with Crippen molar-refractivity contribution in [3.63, 3.8) is 0 Å². The summed E-state index contributed by atoms with van der Waals surface area (Å²) < 4.78 is 5.38. The van der Waals surface area contributed by atoms with E-state index in [4.69, 9.17) is 20.7 Å². The number of rotatable bonds is 4. The van der Waals surface area contributed by atoms with Crippen LogP contribution in [0.5, 0.6) is 5.75 Å². The number of hydrogen-bond acceptors (Lipinski definition) is 6. The number of nitrogen functional groups attached to an aromatic ring is 1. The third-order valence-corrected chi connectivity index (χ3v) is 4.04. The van der Waals surface area contributed by atoms with Gasteiger partial charge in [-0.1, -0.05) is 42.5 Å². The van der Waals surface area contributed by atoms with E-state index in [1.165, 1.54) is 0 Å². The fraction of sp³-hybridized carbons (Fsp3) is 0.0476. The number of ether oxygens (including phenoxy) is 1. The van der Waals surface area contributed by atoms with Gasteiger partial charge in [-0.05, 0) is 24.3 Å². The highest BCUT2D eigenvalue weighted by molar-refractivity contribution is 5.91. The van der Waals surface area contributed by atoms with Crippen LogP contribution in [0.2, 0.25) is 0 Å². The average Bonchev–Trinajstić information content (AvgIpc) is 2.72. The van der Waals surface area contributed by atoms with Crippen molar-refractivity contribution in [3.05, 3.63) is 66.7 Å². The largest absolute Gasteiger partial charge is 0.479 e. The lowest BCUT2D eigenvalue weighted by atomic mass is 10.1. The van der Waals surface area contributed by atoms with Crippen LogP contribution < -0.4 is 10.5 Å². The van der Waals surface area contributed by atoms with Gasteiger partial charge in [-0.2, -0.15) is 5.26 Å². The number of nitrogens with zero attached hydrogens (tertiary/aromatic N) is 4. The van der Waals surface area contributed by atoms with Gasteiger partial charge >= 0.3 is 0 Å². The van der Waals surface area contributed by atoms with Crippen LogP contribution in [0, 0.1) is 11.3 Å². The van der Waals surface area contributed by atoms with Gasteiger partial charge in [-0.15, -0.1) is 0 Å². The summed E-state index contributed by atoms with van der Waals surface area (Å²) in [5.41, 5.74) is 10.5. The summed E-state index contributed by atoms with van der Waals surface area (Å²) in [6, 6.07) is 23.0. The summed E-state index contributed by atoms with van der Waals surface area (Å²) in [6.07, 6.45) is 0. The summed E-state index contributed by atoms with van der Waals surface area (Å²) in [5.74, 6) is 0.829. The minimum absolute atomic E-state index is 0.000125. The van der Waals surface area contributed by atoms with Crippen LogP contribution in [-0.4, -0.2) is 21.6 Å². The molecule has 2 aromatic carbocycles. The Hall–Kier alpha value is -3.98. The lowest BCUT2D eigenvalue weighted by Gasteiger charge is -2.09. The molecule has 0 fully saturated rings. The van der Waals surface area contributed by atoms with Crippen LogP contribution in [0.25, 0.3) is 33.5 Å². The lowest BCUT2D eigenvalue weighted by Crippen LogP contribution is -2.00. The molecule has 2 heterocycles. The first-order valence-electron chi connectivity index (χ1n) is 8.34. The molecule has 27 heavy (non-hydrogen) atoms. The zero-order valence-corrected chi connectivity index (χ0v) is 14.3. The SMILES string of the molecule is N#CCOc1cccc(-c2ccc3nc(N)nc(-c4ccccc4)c3n2)c1. The van der Waals surface area contributed by atoms with Crippen molar-refractivity contribution in [1.29, 1.82) is 5.26 Å². The fourth-order valence-corrected chi connectivity index (χ4v) is 2.85. The molecule has 0 aliphatic heterocycles. The molecule has 0 amide bonds. The molecule has 4 rings (SSSR count). The maximum absolute atomic E-state index is 8.68. The number of pyridine rings is 1. The molecule has 0 radical (unpaired) electrons. The van der Waals surface area contributed by atoms with Crippen molar-refractivity contribution in [2.45, 2.75) is 0 Å². The van der Waals surface area contributed by atoms with E-state index in [-0.39, 0.29) is 12.6 Å². The van der Waals surface area contributed by atoms with Gasteiger partial charge in [0.25, 0.3) is 0 Å². The molecule has 0 saturated heterocycles. The fourth-order valence-electron chi connectivity index (χ4n) is 2.85. The molecule has 2 aromatic heterocycles. The molecule has 0 atom stereocenters. The van der Waals surface area contributed by atoms with Gasteiger partial charge in [-0.25, -0.2) is 15.0 Å². The molecule has 6 nitrogen and oxygen atoms in total. The highest BCUT2D eigenvalue weighted by atomic mass is 16.5. The number of fused-ring (bicyclic) bond motifs is 1. The molecule has 0 unspecified atom stereocenters. The van der Waals surface area contributed by atoms with E-state index >= 15 is 0 Å². The second-order valence-electron chi connectivity index (χ2n) is 5.84. The first-order valence-corrected chi connectivity index (χ1v) is 8.34. The molecule has 0 spiro atoms. The molecule has 0 bridgehead atoms. The van der Waals surface area contributed by atoms with E-state index in [0.29, 0.717) is 22.5 Å². The van der Waals surface area contributed by atoms with E-state index in [9.17, 15) is 0 Å². The maximum atomic E-state index is 8.68. The molecular weight excluding hydrogens is 338 g/mol. The van der Waals surface area contributed by atoms with Gasteiger partial charge in [0.15, 0.2) is 6.61 Å². The third kappa shape index (κ3) is 3.39. The smallest absolute Gasteiger partial charge is 0.221 e. The minimum atomic E-state index is -0.000125. The van der Waals surface area contributed by atoms with Gasteiger partial charge in [0.2, 0.25) is 5.95 Å². The lowest BCUT2D eigenvalue weighted by molar-refractivity contribution is 0.368. The van der Waals surface area contributed by atoms with Crippen molar-refractivity contribution in [2.24, 2.45) is 0 Å². The standard InChI is InChI=1S/C21H15N5O/c22-11-12-27-16-8-4-7-15(13-16)17-9-10-18-20(24-17)19(26-21(23)25-18)14-5-2-1-3-6-14/h1-10,13H,12H2,(H2,23,25,26). The number of benzene rings is 2. The van der Waals surface area contributed by atoms with Gasteiger partial charge in [0.1, 0.15) is 23.0 Å².